The molecule has 0 spiro atoms. The highest BCUT2D eigenvalue weighted by atomic mass is 31.2. The average Bonchev–Trinajstić information content (AvgIpc) is 0.701. The second-order valence-electron chi connectivity index (χ2n) is 28.1. The van der Waals surface area contributed by atoms with E-state index in [1.807, 2.05) is 0 Å². The first-order chi connectivity index (χ1) is 53.4. The number of β-amino-alcohol motifs (C(OH)–C–C–N with tert-alkyl or cyclic N) is 1. The number of aliphatic hydroxyl groups is 5. The second kappa shape index (κ2) is 22.9. The van der Waals surface area contributed by atoms with Gasteiger partial charge >= 0.3 is 15.6 Å². The van der Waals surface area contributed by atoms with Crippen molar-refractivity contribution < 1.29 is 106 Å². The summed E-state index contributed by atoms with van der Waals surface area (Å²) in [6, 6.07) is 38.8. The highest BCUT2D eigenvalue weighted by Crippen LogP contribution is 2.53. The van der Waals surface area contributed by atoms with Crippen molar-refractivity contribution in [1.82, 2.24) is 14.7 Å². The van der Waals surface area contributed by atoms with Gasteiger partial charge in [0.15, 0.2) is 0 Å². The van der Waals surface area contributed by atoms with Crippen LogP contribution in [0.2, 0.25) is 0 Å². The van der Waals surface area contributed by atoms with Crippen LogP contribution < -0.4 is 0 Å². The standard InChI is InChI=1S/C81H46N6O22P2/c88-28-32(26-86-78(98)54-21-9-42-36-3-15-48-65-49(73(93)83-72(48)92)16-4-37(59(36)65)43-10-22-55(79(86)99)68(54)62(42)43)108-111(104,105)107-30-33(27-87-80(100)56-23-11-44-38-5-17-50-66-51(75(95)84-74(50)94)18-6-39(60(38)66)45-12-24-57(81(87)101)69(56)63(44)45)109-110(102,103)106-29-31(89)25-85-76(96)52-19-7-40-34-1-13-46-64-47(71(91)82-70(46)90)14-2-35(58(34)64)41-8-20-53(77(85)97)67(52)61(40)41/h1-24,31-33,88-89H,25-30H2,(H,102,103)(H,104,105)(H,82,90,91)(H,83,92,93)(H,84,94,95). The van der Waals surface area contributed by atoms with Gasteiger partial charge in [0.1, 0.15) is 12.2 Å². The summed E-state index contributed by atoms with van der Waals surface area (Å²) in [6.45, 7) is -6.34. The maximum Gasteiger partial charge on any atom is 0.472 e. The second-order valence-corrected chi connectivity index (χ2v) is 30.9. The van der Waals surface area contributed by atoms with Crippen molar-refractivity contribution in [3.63, 3.8) is 0 Å². The van der Waals surface area contributed by atoms with Crippen molar-refractivity contribution in [3.05, 3.63) is 212 Å². The van der Waals surface area contributed by atoms with E-state index in [9.17, 15) is 78.0 Å². The van der Waals surface area contributed by atoms with Crippen LogP contribution in [-0.4, -0.2) is 179 Å². The maximum absolute atomic E-state index is 15.0. The summed E-state index contributed by atoms with van der Waals surface area (Å²) in [5.74, 6) is -8.73. The molecule has 0 radical (unpaired) electrons. The van der Waals surface area contributed by atoms with Gasteiger partial charge in [-0.15, -0.1) is 0 Å². The SMILES string of the molecule is O=C1N=C(O)c2ccc3c4ccc5c6c(ccc(c7ccc1c2c73)c64)C(=O)N(CC(O)COP(=O)(O)OC(COP(=O)(O)OC(CO)CN1C(=O)c2ccc3c4ccc6c7c(ccc(c8ccc(c2c38)C1=O)c74)C(O)=NC6=O)CN1C(=O)c2ccc3c4ccc6c7c(ccc(c8ccc(c2c38)C1=O)c74)C(O)=NC6=O)C5=O. The van der Waals surface area contributed by atoms with Gasteiger partial charge in [0.2, 0.25) is 17.7 Å². The molecule has 0 bridgehead atoms. The number of phosphoric ester groups is 2. The van der Waals surface area contributed by atoms with Crippen LogP contribution in [0.4, 0.5) is 0 Å². The first kappa shape index (κ1) is 66.4. The van der Waals surface area contributed by atoms with Crippen LogP contribution in [-0.2, 0) is 27.2 Å². The van der Waals surface area contributed by atoms with Gasteiger partial charge in [-0.1, -0.05) is 72.8 Å². The zero-order valence-electron chi connectivity index (χ0n) is 56.7. The predicted molar refractivity (Wildman–Crippen MR) is 404 cm³/mol. The number of aliphatic imine (C=N–C) groups is 3. The van der Waals surface area contributed by atoms with Crippen LogP contribution in [0.15, 0.2) is 161 Å². The van der Waals surface area contributed by atoms with Crippen molar-refractivity contribution in [2.24, 2.45) is 15.0 Å². The summed E-state index contributed by atoms with van der Waals surface area (Å²) in [4.78, 5) is 164. The number of nitrogens with zero attached hydrogens (tertiary/aromatic N) is 6. The molecular weight excluding hydrogens is 1470 g/mol. The lowest BCUT2D eigenvalue weighted by Gasteiger charge is -2.32. The number of amides is 9. The molecule has 542 valence electrons. The Labute approximate surface area is 618 Å². The Morgan fingerprint density at radius 3 is 0.784 bits per heavy atom. The lowest BCUT2D eigenvalue weighted by atomic mass is 9.82. The van der Waals surface area contributed by atoms with E-state index in [1.165, 1.54) is 36.4 Å². The first-order valence-electron chi connectivity index (χ1n) is 34.6. The molecule has 0 saturated carbocycles. The summed E-state index contributed by atoms with van der Waals surface area (Å²) in [6.07, 6.45) is -5.98. The summed E-state index contributed by atoms with van der Waals surface area (Å²) in [5, 5.41) is 67.6. The number of phosphoric acid groups is 2. The van der Waals surface area contributed by atoms with Crippen molar-refractivity contribution in [3.8, 4) is 0 Å². The number of imide groups is 3. The number of fused-ring (bicyclic) bond motifs is 6. The van der Waals surface area contributed by atoms with Gasteiger partial charge in [0, 0.05) is 82.4 Å². The van der Waals surface area contributed by atoms with Crippen LogP contribution in [0.3, 0.4) is 0 Å². The highest BCUT2D eigenvalue weighted by molar-refractivity contribution is 7.47. The fraction of sp³-hybridized carbons (Fsp3) is 0.111. The third-order valence-electron chi connectivity index (χ3n) is 22.4. The summed E-state index contributed by atoms with van der Waals surface area (Å²) >= 11 is 0. The monoisotopic (exact) mass is 1520 g/mol. The van der Waals surface area contributed by atoms with Gasteiger partial charge in [-0.3, -0.25) is 75.9 Å². The van der Waals surface area contributed by atoms with Gasteiger partial charge in [-0.05, 0) is 170 Å². The van der Waals surface area contributed by atoms with E-state index < -0.39 is 144 Å². The fourth-order valence-corrected chi connectivity index (χ4v) is 19.7. The van der Waals surface area contributed by atoms with E-state index >= 15 is 9.59 Å². The molecule has 111 heavy (non-hydrogen) atoms. The topological polar surface area (TPSA) is 413 Å². The first-order valence-corrected chi connectivity index (χ1v) is 37.6. The van der Waals surface area contributed by atoms with Crippen molar-refractivity contribution in [2.45, 2.75) is 18.3 Å². The predicted octanol–water partition coefficient (Wildman–Crippen LogP) is 11.8. The summed E-state index contributed by atoms with van der Waals surface area (Å²) < 4.78 is 50.5. The van der Waals surface area contributed by atoms with Crippen molar-refractivity contribution in [1.29, 1.82) is 0 Å². The Morgan fingerprint density at radius 2 is 0.514 bits per heavy atom. The minimum Gasteiger partial charge on any atom is -0.493 e. The molecule has 6 heterocycles. The molecule has 0 saturated heterocycles. The van der Waals surface area contributed by atoms with Crippen molar-refractivity contribution >= 4 is 216 Å². The third-order valence-corrected chi connectivity index (χ3v) is 24.5. The molecule has 6 aliphatic heterocycles. The minimum atomic E-state index is -5.69. The smallest absolute Gasteiger partial charge is 0.472 e. The maximum atomic E-state index is 15.0. The fourth-order valence-electron chi connectivity index (χ4n) is 17.8. The van der Waals surface area contributed by atoms with Crippen LogP contribution in [0.5, 0.6) is 0 Å². The molecule has 28 nitrogen and oxygen atoms in total. The number of aliphatic hydroxyl groups excluding tert-OH is 5. The van der Waals surface area contributed by atoms with Crippen LogP contribution in [0, 0.1) is 0 Å². The number of carbonyl (C=O) groups excluding carboxylic acids is 9. The highest BCUT2D eigenvalue weighted by Gasteiger charge is 2.44. The molecule has 5 atom stereocenters. The Hall–Kier alpha value is -12.8. The third kappa shape index (κ3) is 9.09. The van der Waals surface area contributed by atoms with Crippen LogP contribution in [0.25, 0.3) is 129 Å². The van der Waals surface area contributed by atoms with E-state index in [0.29, 0.717) is 145 Å². The molecule has 0 fully saturated rings. The molecule has 30 heteroatoms. The minimum absolute atomic E-state index is 0.0328. The Bertz CT molecular complexity index is 7150. The van der Waals surface area contributed by atoms with Gasteiger partial charge in [-0.2, -0.15) is 15.0 Å². The van der Waals surface area contributed by atoms with E-state index in [4.69, 9.17) is 18.1 Å². The number of carbonyl (C=O) groups is 9. The lowest BCUT2D eigenvalue weighted by molar-refractivity contribution is 0.00609. The lowest BCUT2D eigenvalue weighted by Crippen LogP contribution is -2.46. The van der Waals surface area contributed by atoms with E-state index in [-0.39, 0.29) is 60.8 Å². The molecule has 15 aromatic carbocycles. The van der Waals surface area contributed by atoms with E-state index in [1.54, 1.807) is 109 Å². The molecule has 6 aliphatic rings. The quantitative estimate of drug-likeness (QED) is 0.0193. The number of rotatable bonds is 17. The van der Waals surface area contributed by atoms with E-state index in [2.05, 4.69) is 15.0 Å². The number of hydrogen-bond donors (Lipinski definition) is 7. The van der Waals surface area contributed by atoms with Crippen LogP contribution in [0.1, 0.15) is 110 Å². The zero-order chi connectivity index (χ0) is 76.3. The molecule has 5 unspecified atom stereocenters. The molecule has 21 rings (SSSR count). The normalized spacial score (nSPS) is 17.5. The molecule has 0 aromatic heterocycles. The molecule has 0 aliphatic carbocycles. The van der Waals surface area contributed by atoms with Gasteiger partial charge in [0.05, 0.1) is 62.2 Å². The Kier molecular flexibility index (Phi) is 13.7. The largest absolute Gasteiger partial charge is 0.493 e. The van der Waals surface area contributed by atoms with Gasteiger partial charge in [0.25, 0.3) is 53.2 Å². The van der Waals surface area contributed by atoms with Crippen molar-refractivity contribution in [2.75, 3.05) is 39.5 Å². The Morgan fingerprint density at radius 1 is 0.297 bits per heavy atom. The zero-order valence-corrected chi connectivity index (χ0v) is 58.5. The molecule has 15 aromatic rings. The molecular formula is C81H46N6O22P2. The molecule has 9 amide bonds. The number of benzene rings is 15. The van der Waals surface area contributed by atoms with Gasteiger partial charge in [-0.25, -0.2) is 9.13 Å². The number of hydrogen-bond acceptors (Lipinski definition) is 17. The molecule has 7 N–H and O–H groups in total. The van der Waals surface area contributed by atoms with Crippen LogP contribution >= 0.6 is 15.6 Å². The summed E-state index contributed by atoms with van der Waals surface area (Å²) in [7, 11) is -11.3. The Balaban J connectivity index is 0.566. The van der Waals surface area contributed by atoms with E-state index in [0.717, 1.165) is 4.90 Å². The average molecular weight is 1520 g/mol. The summed E-state index contributed by atoms with van der Waals surface area (Å²) in [5.41, 5.74) is 1.91. The van der Waals surface area contributed by atoms with Gasteiger partial charge < -0.3 is 35.3 Å².